The zero-order valence-corrected chi connectivity index (χ0v) is 11.5. The van der Waals surface area contributed by atoms with Crippen LogP contribution in [0.1, 0.15) is 52.4 Å². The van der Waals surface area contributed by atoms with E-state index >= 15 is 0 Å². The first kappa shape index (κ1) is 15.1. The molecular weight excluding hydrogens is 230 g/mol. The third-order valence-electron chi connectivity index (χ3n) is 3.94. The molecule has 2 heteroatoms. The molecule has 1 rings (SSSR count). The van der Waals surface area contributed by atoms with Crippen molar-refractivity contribution in [1.82, 2.24) is 0 Å². The minimum absolute atomic E-state index is 0.175. The molecule has 0 amide bonds. The number of hydrogen-bond donors (Lipinski definition) is 0. The van der Waals surface area contributed by atoms with Gasteiger partial charge in [0.15, 0.2) is 11.7 Å². The van der Waals surface area contributed by atoms with Gasteiger partial charge in [0.1, 0.15) is 0 Å². The van der Waals surface area contributed by atoms with Crippen LogP contribution in [0.5, 0.6) is 0 Å². The summed E-state index contributed by atoms with van der Waals surface area (Å²) in [5.74, 6) is -0.598. The molecule has 1 saturated carbocycles. The Labute approximate surface area is 109 Å². The molecule has 18 heavy (non-hydrogen) atoms. The molecular formula is C16H24F2. The van der Waals surface area contributed by atoms with E-state index in [-0.39, 0.29) is 5.92 Å². The summed E-state index contributed by atoms with van der Waals surface area (Å²) < 4.78 is 27.1. The van der Waals surface area contributed by atoms with Crippen molar-refractivity contribution in [3.8, 4) is 0 Å². The van der Waals surface area contributed by atoms with E-state index in [9.17, 15) is 8.78 Å². The monoisotopic (exact) mass is 254 g/mol. The Morgan fingerprint density at radius 2 is 1.83 bits per heavy atom. The summed E-state index contributed by atoms with van der Waals surface area (Å²) in [5.41, 5.74) is 0.530. The van der Waals surface area contributed by atoms with Crippen molar-refractivity contribution >= 4 is 0 Å². The lowest BCUT2D eigenvalue weighted by Crippen LogP contribution is -2.16. The molecule has 0 radical (unpaired) electrons. The van der Waals surface area contributed by atoms with Crippen LogP contribution in [0.3, 0.4) is 0 Å². The summed E-state index contributed by atoms with van der Waals surface area (Å²) in [4.78, 5) is 0. The molecule has 1 fully saturated rings. The summed E-state index contributed by atoms with van der Waals surface area (Å²) in [7, 11) is 0. The fraction of sp³-hybridized carbons (Fsp3) is 0.625. The molecule has 0 nitrogen and oxygen atoms in total. The van der Waals surface area contributed by atoms with Crippen molar-refractivity contribution < 1.29 is 8.78 Å². The molecule has 0 bridgehead atoms. The van der Waals surface area contributed by atoms with Gasteiger partial charge >= 0.3 is 0 Å². The fourth-order valence-electron chi connectivity index (χ4n) is 2.94. The van der Waals surface area contributed by atoms with Crippen LogP contribution in [0.4, 0.5) is 8.78 Å². The van der Waals surface area contributed by atoms with E-state index in [2.05, 4.69) is 13.5 Å². The Morgan fingerprint density at radius 1 is 1.22 bits per heavy atom. The van der Waals surface area contributed by atoms with Crippen LogP contribution in [0.25, 0.3) is 0 Å². The van der Waals surface area contributed by atoms with E-state index in [0.717, 1.165) is 37.7 Å². The van der Waals surface area contributed by atoms with E-state index < -0.39 is 11.7 Å². The summed E-state index contributed by atoms with van der Waals surface area (Å²) in [6.45, 7) is 7.26. The Kier molecular flexibility index (Phi) is 6.31. The first-order valence-electron chi connectivity index (χ1n) is 6.98. The third-order valence-corrected chi connectivity index (χ3v) is 3.94. The Balaban J connectivity index is 2.68. The van der Waals surface area contributed by atoms with Crippen molar-refractivity contribution in [2.75, 3.05) is 0 Å². The van der Waals surface area contributed by atoms with Crippen LogP contribution >= 0.6 is 0 Å². The Bertz CT molecular complexity index is 331. The zero-order chi connectivity index (χ0) is 13.5. The smallest absolute Gasteiger partial charge is 0.161 e. The molecule has 0 aromatic rings. The van der Waals surface area contributed by atoms with Crippen molar-refractivity contribution in [2.45, 2.75) is 52.4 Å². The lowest BCUT2D eigenvalue weighted by Gasteiger charge is -2.29. The molecule has 0 saturated heterocycles. The molecule has 0 unspecified atom stereocenters. The number of halogens is 2. The van der Waals surface area contributed by atoms with Crippen LogP contribution < -0.4 is 0 Å². The summed E-state index contributed by atoms with van der Waals surface area (Å²) in [5, 5.41) is 0. The molecule has 0 aliphatic heterocycles. The first-order valence-corrected chi connectivity index (χ1v) is 6.98. The normalized spacial score (nSPS) is 26.8. The summed E-state index contributed by atoms with van der Waals surface area (Å²) in [6, 6.07) is 0. The van der Waals surface area contributed by atoms with E-state index in [1.165, 1.54) is 12.8 Å². The number of hydrogen-bond acceptors (Lipinski definition) is 0. The van der Waals surface area contributed by atoms with Gasteiger partial charge in [0, 0.05) is 0 Å². The predicted molar refractivity (Wildman–Crippen MR) is 73.6 cm³/mol. The standard InChI is InChI=1S/C16H24F2/c1-4-7-12-8-10-13(11-9-12)14(5-2)16(18)15(17)6-3/h5-6,12-13H,3-4,7-11H2,1-2H3/b14-5-,16-15-. The van der Waals surface area contributed by atoms with Crippen LogP contribution in [-0.4, -0.2) is 0 Å². The van der Waals surface area contributed by atoms with Crippen molar-refractivity contribution in [3.63, 3.8) is 0 Å². The van der Waals surface area contributed by atoms with E-state index in [1.54, 1.807) is 13.0 Å². The van der Waals surface area contributed by atoms with Crippen molar-refractivity contribution in [1.29, 1.82) is 0 Å². The first-order chi connectivity index (χ1) is 8.63. The van der Waals surface area contributed by atoms with Gasteiger partial charge in [-0.2, -0.15) is 0 Å². The second-order valence-corrected chi connectivity index (χ2v) is 5.12. The van der Waals surface area contributed by atoms with Gasteiger partial charge < -0.3 is 0 Å². The predicted octanol–water partition coefficient (Wildman–Crippen LogP) is 5.88. The topological polar surface area (TPSA) is 0 Å². The molecule has 102 valence electrons. The Morgan fingerprint density at radius 3 is 2.28 bits per heavy atom. The minimum atomic E-state index is -0.834. The van der Waals surface area contributed by atoms with Gasteiger partial charge in [-0.3, -0.25) is 0 Å². The van der Waals surface area contributed by atoms with Crippen LogP contribution in [-0.2, 0) is 0 Å². The molecule has 1 aliphatic rings. The van der Waals surface area contributed by atoms with Gasteiger partial charge in [-0.25, -0.2) is 8.78 Å². The highest BCUT2D eigenvalue weighted by molar-refractivity contribution is 5.33. The summed E-state index contributed by atoms with van der Waals surface area (Å²) in [6.07, 6.45) is 9.36. The maximum absolute atomic E-state index is 13.9. The average molecular weight is 254 g/mol. The van der Waals surface area contributed by atoms with E-state index in [0.29, 0.717) is 5.57 Å². The summed E-state index contributed by atoms with van der Waals surface area (Å²) >= 11 is 0. The zero-order valence-electron chi connectivity index (χ0n) is 11.5. The highest BCUT2D eigenvalue weighted by atomic mass is 19.2. The van der Waals surface area contributed by atoms with E-state index in [4.69, 9.17) is 0 Å². The quantitative estimate of drug-likeness (QED) is 0.538. The largest absolute Gasteiger partial charge is 0.204 e. The number of rotatable bonds is 5. The fourth-order valence-corrected chi connectivity index (χ4v) is 2.94. The van der Waals surface area contributed by atoms with E-state index in [1.807, 2.05) is 0 Å². The van der Waals surface area contributed by atoms with Gasteiger partial charge in [0.2, 0.25) is 0 Å². The van der Waals surface area contributed by atoms with Crippen molar-refractivity contribution in [2.24, 2.45) is 11.8 Å². The lowest BCUT2D eigenvalue weighted by atomic mass is 9.76. The van der Waals surface area contributed by atoms with Crippen molar-refractivity contribution in [3.05, 3.63) is 36.0 Å². The highest BCUT2D eigenvalue weighted by Crippen LogP contribution is 2.38. The molecule has 0 atom stereocenters. The highest BCUT2D eigenvalue weighted by Gasteiger charge is 2.25. The number of allylic oxidation sites excluding steroid dienone is 5. The van der Waals surface area contributed by atoms with Crippen LogP contribution in [0.15, 0.2) is 36.0 Å². The van der Waals surface area contributed by atoms with Gasteiger partial charge in [0.25, 0.3) is 0 Å². The van der Waals surface area contributed by atoms with Crippen LogP contribution in [0.2, 0.25) is 0 Å². The van der Waals surface area contributed by atoms with Gasteiger partial charge in [-0.15, -0.1) is 0 Å². The Hall–Kier alpha value is -0.920. The maximum atomic E-state index is 13.9. The molecule has 0 aromatic carbocycles. The molecule has 0 spiro atoms. The van der Waals surface area contributed by atoms with Gasteiger partial charge in [0.05, 0.1) is 0 Å². The minimum Gasteiger partial charge on any atom is -0.204 e. The average Bonchev–Trinajstić information content (AvgIpc) is 2.40. The van der Waals surface area contributed by atoms with Crippen LogP contribution in [0, 0.1) is 11.8 Å². The van der Waals surface area contributed by atoms with Gasteiger partial charge in [-0.05, 0) is 56.1 Å². The SMILES string of the molecule is C=C/C(F)=C(F)\C(=C/C)C1CCC(CCC)CC1. The third kappa shape index (κ3) is 3.79. The second kappa shape index (κ2) is 7.50. The molecule has 0 heterocycles. The molecule has 1 aliphatic carbocycles. The molecule has 0 N–H and O–H groups in total. The second-order valence-electron chi connectivity index (χ2n) is 5.12. The maximum Gasteiger partial charge on any atom is 0.161 e. The lowest BCUT2D eigenvalue weighted by molar-refractivity contribution is 0.283. The molecule has 0 aromatic heterocycles. The van der Waals surface area contributed by atoms with Gasteiger partial charge in [-0.1, -0.05) is 32.4 Å².